The lowest BCUT2D eigenvalue weighted by atomic mass is 10.1. The van der Waals surface area contributed by atoms with Crippen molar-refractivity contribution in [2.45, 2.75) is 32.7 Å². The maximum Gasteiger partial charge on any atom is 0.179 e. The number of aromatic nitrogens is 4. The predicted octanol–water partition coefficient (Wildman–Crippen LogP) is 2.38. The number of nitrogens with zero attached hydrogens (tertiary/aromatic N) is 3. The number of methoxy groups -OCH3 is 1. The topological polar surface area (TPSA) is 47.8 Å². The third-order valence-electron chi connectivity index (χ3n) is 3.17. The molecule has 0 saturated carbocycles. The summed E-state index contributed by atoms with van der Waals surface area (Å²) in [5, 5.41) is 4.52. The Morgan fingerprint density at radius 2 is 2.11 bits per heavy atom. The van der Waals surface area contributed by atoms with Crippen molar-refractivity contribution in [2.24, 2.45) is 7.05 Å². The van der Waals surface area contributed by atoms with Gasteiger partial charge in [0.15, 0.2) is 10.4 Å². The fraction of sp³-hybridized carbons (Fsp3) is 0.667. The summed E-state index contributed by atoms with van der Waals surface area (Å²) in [5.41, 5.74) is 2.90. The average molecular weight is 268 g/mol. The maximum atomic E-state index is 5.45. The molecular weight excluding hydrogens is 248 g/mol. The molecule has 100 valence electrons. The first-order chi connectivity index (χ1) is 8.42. The molecule has 0 aromatic carbocycles. The first-order valence-corrected chi connectivity index (χ1v) is 6.49. The van der Waals surface area contributed by atoms with E-state index in [1.165, 1.54) is 0 Å². The Balaban J connectivity index is 2.75. The number of hydrogen-bond donors (Lipinski definition) is 1. The van der Waals surface area contributed by atoms with Crippen molar-refractivity contribution in [3.05, 3.63) is 10.5 Å². The lowest BCUT2D eigenvalue weighted by molar-refractivity contribution is 0.110. The van der Waals surface area contributed by atoms with Crippen LogP contribution in [-0.2, 0) is 23.7 Å². The number of rotatable bonds is 4. The average Bonchev–Trinajstić information content (AvgIpc) is 2.76. The molecule has 0 amide bonds. The molecule has 0 radical (unpaired) electrons. The van der Waals surface area contributed by atoms with Gasteiger partial charge in [-0.25, -0.2) is 0 Å². The summed E-state index contributed by atoms with van der Waals surface area (Å²) in [5.74, 6) is 0. The van der Waals surface area contributed by atoms with E-state index in [1.54, 1.807) is 7.11 Å². The fourth-order valence-electron chi connectivity index (χ4n) is 2.44. The van der Waals surface area contributed by atoms with Gasteiger partial charge in [0.25, 0.3) is 0 Å². The van der Waals surface area contributed by atoms with Gasteiger partial charge >= 0.3 is 0 Å². The van der Waals surface area contributed by atoms with E-state index in [9.17, 15) is 0 Å². The minimum atomic E-state index is -0.205. The summed E-state index contributed by atoms with van der Waals surface area (Å²) >= 11 is 5.45. The molecule has 0 aliphatic rings. The molecule has 0 aliphatic carbocycles. The maximum absolute atomic E-state index is 5.45. The summed E-state index contributed by atoms with van der Waals surface area (Å²) < 4.78 is 9.99. The standard InChI is InChI=1S/C12H20N4OS/c1-6-8-9-10(15(4)14-8)16(11(18)13-9)12(2,3)7-17-5/h6-7H2,1-5H3,(H,13,18). The molecule has 2 rings (SSSR count). The van der Waals surface area contributed by atoms with Crippen molar-refractivity contribution >= 4 is 23.4 Å². The summed E-state index contributed by atoms with van der Waals surface area (Å²) in [6, 6.07) is 0. The van der Waals surface area contributed by atoms with Crippen LogP contribution in [0.4, 0.5) is 0 Å². The van der Waals surface area contributed by atoms with Gasteiger partial charge in [0, 0.05) is 14.2 Å². The molecule has 18 heavy (non-hydrogen) atoms. The zero-order chi connectivity index (χ0) is 13.5. The second-order valence-electron chi connectivity index (χ2n) is 5.13. The van der Waals surface area contributed by atoms with Crippen LogP contribution < -0.4 is 0 Å². The third kappa shape index (κ3) is 1.89. The van der Waals surface area contributed by atoms with Gasteiger partial charge in [-0.3, -0.25) is 9.25 Å². The van der Waals surface area contributed by atoms with E-state index in [1.807, 2.05) is 11.7 Å². The van der Waals surface area contributed by atoms with E-state index < -0.39 is 0 Å². The van der Waals surface area contributed by atoms with Gasteiger partial charge < -0.3 is 9.72 Å². The van der Waals surface area contributed by atoms with E-state index in [0.29, 0.717) is 6.61 Å². The Kier molecular flexibility index (Phi) is 3.33. The van der Waals surface area contributed by atoms with E-state index in [2.05, 4.69) is 35.4 Å². The number of hydrogen-bond acceptors (Lipinski definition) is 3. The minimum absolute atomic E-state index is 0.205. The number of ether oxygens (including phenoxy) is 1. The molecular formula is C12H20N4OS. The van der Waals surface area contributed by atoms with Gasteiger partial charge in [-0.1, -0.05) is 6.92 Å². The van der Waals surface area contributed by atoms with Gasteiger partial charge in [0.1, 0.15) is 5.52 Å². The number of imidazole rings is 1. The molecule has 2 aromatic heterocycles. The van der Waals surface area contributed by atoms with Crippen molar-refractivity contribution < 1.29 is 4.74 Å². The summed E-state index contributed by atoms with van der Waals surface area (Å²) in [6.45, 7) is 6.91. The molecule has 6 heteroatoms. The highest BCUT2D eigenvalue weighted by Crippen LogP contribution is 2.25. The lowest BCUT2D eigenvalue weighted by Crippen LogP contribution is -2.32. The minimum Gasteiger partial charge on any atom is -0.382 e. The third-order valence-corrected chi connectivity index (χ3v) is 3.46. The highest BCUT2D eigenvalue weighted by atomic mass is 32.1. The van der Waals surface area contributed by atoms with Crippen LogP contribution in [0.2, 0.25) is 0 Å². The Morgan fingerprint density at radius 3 is 2.67 bits per heavy atom. The van der Waals surface area contributed by atoms with E-state index in [-0.39, 0.29) is 5.54 Å². The molecule has 0 saturated heterocycles. The highest BCUT2D eigenvalue weighted by Gasteiger charge is 2.26. The summed E-state index contributed by atoms with van der Waals surface area (Å²) in [6.07, 6.45) is 0.886. The normalized spacial score (nSPS) is 12.5. The molecule has 0 unspecified atom stereocenters. The van der Waals surface area contributed by atoms with Crippen LogP contribution >= 0.6 is 12.2 Å². The summed E-state index contributed by atoms with van der Waals surface area (Å²) in [7, 11) is 3.65. The Labute approximate surface area is 112 Å². The van der Waals surface area contributed by atoms with Crippen LogP contribution in [0.3, 0.4) is 0 Å². The molecule has 0 bridgehead atoms. The van der Waals surface area contributed by atoms with Gasteiger partial charge in [0.05, 0.1) is 17.8 Å². The van der Waals surface area contributed by atoms with Crippen molar-refractivity contribution in [3.63, 3.8) is 0 Å². The fourth-order valence-corrected chi connectivity index (χ4v) is 2.88. The number of aryl methyl sites for hydroxylation is 2. The molecule has 0 fully saturated rings. The quantitative estimate of drug-likeness (QED) is 0.866. The van der Waals surface area contributed by atoms with Gasteiger partial charge in [0.2, 0.25) is 0 Å². The number of aromatic amines is 1. The molecule has 2 heterocycles. The second kappa shape index (κ2) is 4.51. The number of nitrogens with one attached hydrogen (secondary N) is 1. The molecule has 1 N–H and O–H groups in total. The van der Waals surface area contributed by atoms with Crippen LogP contribution in [0.25, 0.3) is 11.2 Å². The van der Waals surface area contributed by atoms with Crippen LogP contribution in [0.15, 0.2) is 0 Å². The van der Waals surface area contributed by atoms with Gasteiger partial charge in [-0.15, -0.1) is 0 Å². The van der Waals surface area contributed by atoms with Crippen LogP contribution in [-0.4, -0.2) is 33.0 Å². The Hall–Kier alpha value is -1.14. The zero-order valence-electron chi connectivity index (χ0n) is 11.6. The van der Waals surface area contributed by atoms with Crippen molar-refractivity contribution in [2.75, 3.05) is 13.7 Å². The highest BCUT2D eigenvalue weighted by molar-refractivity contribution is 7.71. The molecule has 5 nitrogen and oxygen atoms in total. The Morgan fingerprint density at radius 1 is 1.44 bits per heavy atom. The van der Waals surface area contributed by atoms with E-state index in [0.717, 1.165) is 28.0 Å². The van der Waals surface area contributed by atoms with Crippen molar-refractivity contribution in [1.82, 2.24) is 19.3 Å². The van der Waals surface area contributed by atoms with Crippen LogP contribution in [0, 0.1) is 4.77 Å². The van der Waals surface area contributed by atoms with Crippen molar-refractivity contribution in [1.29, 1.82) is 0 Å². The summed E-state index contributed by atoms with van der Waals surface area (Å²) in [4.78, 5) is 3.27. The number of fused-ring (bicyclic) bond motifs is 1. The SMILES string of the molecule is CCc1nn(C)c2c1[nH]c(=S)n2C(C)(C)COC. The molecule has 0 atom stereocenters. The number of H-pyrrole nitrogens is 1. The van der Waals surface area contributed by atoms with Crippen LogP contribution in [0.1, 0.15) is 26.5 Å². The van der Waals surface area contributed by atoms with Crippen LogP contribution in [0.5, 0.6) is 0 Å². The predicted molar refractivity (Wildman–Crippen MR) is 74.5 cm³/mol. The molecule has 0 aliphatic heterocycles. The molecule has 0 spiro atoms. The second-order valence-corrected chi connectivity index (χ2v) is 5.52. The zero-order valence-corrected chi connectivity index (χ0v) is 12.4. The molecule has 2 aromatic rings. The monoisotopic (exact) mass is 268 g/mol. The van der Waals surface area contributed by atoms with Crippen molar-refractivity contribution in [3.8, 4) is 0 Å². The first kappa shape index (κ1) is 13.3. The lowest BCUT2D eigenvalue weighted by Gasteiger charge is -2.26. The smallest absolute Gasteiger partial charge is 0.179 e. The Bertz CT molecular complexity index is 620. The first-order valence-electron chi connectivity index (χ1n) is 6.08. The van der Waals surface area contributed by atoms with Gasteiger partial charge in [-0.2, -0.15) is 5.10 Å². The van der Waals surface area contributed by atoms with E-state index >= 15 is 0 Å². The van der Waals surface area contributed by atoms with E-state index in [4.69, 9.17) is 17.0 Å². The largest absolute Gasteiger partial charge is 0.382 e. The van der Waals surface area contributed by atoms with Gasteiger partial charge in [-0.05, 0) is 32.5 Å².